The van der Waals surface area contributed by atoms with Gasteiger partial charge in [-0.25, -0.2) is 0 Å². The van der Waals surface area contributed by atoms with Gasteiger partial charge in [0, 0.05) is 5.56 Å². The molecule has 0 aliphatic heterocycles. The molecule has 0 spiro atoms. The van der Waals surface area contributed by atoms with Crippen molar-refractivity contribution in [1.82, 2.24) is 0 Å². The second-order valence-corrected chi connectivity index (χ2v) is 3.23. The number of aryl methyl sites for hydroxylation is 1. The quantitative estimate of drug-likeness (QED) is 0.503. The number of aldehydes is 1. The fourth-order valence-corrected chi connectivity index (χ4v) is 1.46. The Morgan fingerprint density at radius 2 is 1.64 bits per heavy atom. The third kappa shape index (κ3) is 2.24. The van der Waals surface area contributed by atoms with E-state index in [9.17, 15) is 4.79 Å². The molecule has 0 saturated carbocycles. The Morgan fingerprint density at radius 1 is 1.00 bits per heavy atom. The van der Waals surface area contributed by atoms with Crippen LogP contribution < -0.4 is 0 Å². The summed E-state index contributed by atoms with van der Waals surface area (Å²) < 4.78 is 0. The first kappa shape index (κ1) is 11.4. The van der Waals surface area contributed by atoms with Gasteiger partial charge in [-0.15, -0.1) is 0 Å². The van der Waals surface area contributed by atoms with Crippen LogP contribution in [0.1, 0.15) is 15.9 Å². The van der Waals surface area contributed by atoms with E-state index in [1.54, 1.807) is 0 Å². The fraction of sp³-hybridized carbons (Fsp3) is 0.0833. The molecule has 2 rings (SSSR count). The average molecular weight is 194 g/mol. The Morgan fingerprint density at radius 3 is 2.36 bits per heavy atom. The van der Waals surface area contributed by atoms with Crippen molar-refractivity contribution in [2.24, 2.45) is 0 Å². The Kier molecular flexibility index (Phi) is 3.87. The summed E-state index contributed by atoms with van der Waals surface area (Å²) in [4.78, 5) is 10.5. The van der Waals surface area contributed by atoms with Gasteiger partial charge in [-0.2, -0.15) is 0 Å². The van der Waals surface area contributed by atoms with Crippen LogP contribution in [0.5, 0.6) is 0 Å². The molecule has 2 aromatic rings. The summed E-state index contributed by atoms with van der Waals surface area (Å²) in [6.07, 6.45) is 0.874. The van der Waals surface area contributed by atoms with Gasteiger partial charge < -0.3 is 0 Å². The van der Waals surface area contributed by atoms with Crippen molar-refractivity contribution in [3.8, 4) is 0 Å². The predicted octanol–water partition coefficient (Wildman–Crippen LogP) is 2.31. The van der Waals surface area contributed by atoms with Gasteiger partial charge in [0.25, 0.3) is 0 Å². The molecule has 0 radical (unpaired) electrons. The van der Waals surface area contributed by atoms with E-state index in [4.69, 9.17) is 0 Å². The molecule has 0 atom stereocenters. The topological polar surface area (TPSA) is 17.1 Å². The molecule has 2 aromatic carbocycles. The van der Waals surface area contributed by atoms with Gasteiger partial charge in [-0.1, -0.05) is 35.9 Å². The first-order chi connectivity index (χ1) is 6.29. The Bertz CT molecular complexity index is 463. The summed E-state index contributed by atoms with van der Waals surface area (Å²) in [6, 6.07) is 11.9. The molecule has 0 N–H and O–H groups in total. The maximum atomic E-state index is 10.5. The zero-order valence-electron chi connectivity index (χ0n) is 7.45. The van der Waals surface area contributed by atoms with Crippen LogP contribution >= 0.6 is 0 Å². The molecule has 0 aliphatic carbocycles. The molecule has 0 saturated heterocycles. The van der Waals surface area contributed by atoms with E-state index in [0.29, 0.717) is 0 Å². The van der Waals surface area contributed by atoms with Gasteiger partial charge in [0.05, 0.1) is 0 Å². The van der Waals surface area contributed by atoms with E-state index < -0.39 is 0 Å². The van der Waals surface area contributed by atoms with Gasteiger partial charge in [-0.3, -0.25) is 4.79 Å². The van der Waals surface area contributed by atoms with Crippen LogP contribution in [0.3, 0.4) is 0 Å². The number of rotatable bonds is 1. The van der Waals surface area contributed by atoms with Gasteiger partial charge in [0.2, 0.25) is 0 Å². The van der Waals surface area contributed by atoms with E-state index in [1.807, 2.05) is 24.3 Å². The molecule has 0 aliphatic rings. The number of benzene rings is 2. The number of carbonyl (C=O) groups excluding carboxylic acids is 1. The molecule has 0 bridgehead atoms. The predicted molar refractivity (Wildman–Crippen MR) is 61.2 cm³/mol. The van der Waals surface area contributed by atoms with Gasteiger partial charge >= 0.3 is 29.6 Å². The summed E-state index contributed by atoms with van der Waals surface area (Å²) in [5, 5.41) is 2.31. The second-order valence-electron chi connectivity index (χ2n) is 3.23. The Hall–Kier alpha value is -0.630. The summed E-state index contributed by atoms with van der Waals surface area (Å²) in [5.74, 6) is 0. The Labute approximate surface area is 105 Å². The summed E-state index contributed by atoms with van der Waals surface area (Å²) in [6.45, 7) is 2.06. The van der Waals surface area contributed by atoms with E-state index in [-0.39, 0.29) is 29.6 Å². The van der Waals surface area contributed by atoms with Crippen molar-refractivity contribution >= 4 is 46.6 Å². The number of hydrogen-bond acceptors (Lipinski definition) is 1. The third-order valence-corrected chi connectivity index (χ3v) is 2.16. The van der Waals surface area contributed by atoms with Crippen LogP contribution in [0.25, 0.3) is 10.8 Å². The van der Waals surface area contributed by atoms with Crippen LogP contribution in [0.2, 0.25) is 0 Å². The van der Waals surface area contributed by atoms with Crippen LogP contribution in [0.15, 0.2) is 36.4 Å². The monoisotopic (exact) mass is 194 g/mol. The number of carbonyl (C=O) groups is 1. The van der Waals surface area contributed by atoms with Crippen molar-refractivity contribution in [3.05, 3.63) is 47.5 Å². The first-order valence-corrected chi connectivity index (χ1v) is 4.25. The van der Waals surface area contributed by atoms with Gasteiger partial charge in [-0.05, 0) is 23.8 Å². The van der Waals surface area contributed by atoms with Crippen molar-refractivity contribution in [3.63, 3.8) is 0 Å². The Balaban J connectivity index is 0.000000980. The van der Waals surface area contributed by atoms with Crippen molar-refractivity contribution in [2.75, 3.05) is 0 Å². The molecule has 1 nitrogen and oxygen atoms in total. The average Bonchev–Trinajstić information content (AvgIpc) is 2.17. The van der Waals surface area contributed by atoms with E-state index in [1.165, 1.54) is 10.9 Å². The second kappa shape index (κ2) is 4.74. The molecule has 0 fully saturated rings. The molecule has 0 heterocycles. The normalized spacial score (nSPS) is 9.50. The molecular formula is C12H11NaO. The van der Waals surface area contributed by atoms with E-state index in [2.05, 4.69) is 19.1 Å². The van der Waals surface area contributed by atoms with Crippen molar-refractivity contribution in [2.45, 2.75) is 6.92 Å². The van der Waals surface area contributed by atoms with Crippen LogP contribution in [-0.4, -0.2) is 35.8 Å². The van der Waals surface area contributed by atoms with Crippen LogP contribution in [0.4, 0.5) is 0 Å². The minimum absolute atomic E-state index is 0. The van der Waals surface area contributed by atoms with Crippen molar-refractivity contribution < 1.29 is 4.79 Å². The fourth-order valence-electron chi connectivity index (χ4n) is 1.46. The van der Waals surface area contributed by atoms with Gasteiger partial charge in [0.15, 0.2) is 0 Å². The molecule has 0 unspecified atom stereocenters. The van der Waals surface area contributed by atoms with Crippen molar-refractivity contribution in [1.29, 1.82) is 0 Å². The number of fused-ring (bicyclic) bond motifs is 1. The molecule has 14 heavy (non-hydrogen) atoms. The first-order valence-electron chi connectivity index (χ1n) is 4.25. The number of hydrogen-bond donors (Lipinski definition) is 0. The maximum absolute atomic E-state index is 10.5. The molecule has 0 aromatic heterocycles. The third-order valence-electron chi connectivity index (χ3n) is 2.16. The zero-order chi connectivity index (χ0) is 9.26. The van der Waals surface area contributed by atoms with E-state index in [0.717, 1.165) is 17.2 Å². The summed E-state index contributed by atoms with van der Waals surface area (Å²) in [7, 11) is 0. The van der Waals surface area contributed by atoms with Crippen LogP contribution in [-0.2, 0) is 0 Å². The summed E-state index contributed by atoms with van der Waals surface area (Å²) >= 11 is 0. The summed E-state index contributed by atoms with van der Waals surface area (Å²) in [5.41, 5.74) is 1.97. The standard InChI is InChI=1S/C12H10O.Na.H/c1-9-2-4-12-7-10(8-13)3-5-11(12)6-9;;/h2-8H,1H3;;. The van der Waals surface area contributed by atoms with Gasteiger partial charge in [0.1, 0.15) is 6.29 Å². The molecule has 66 valence electrons. The minimum atomic E-state index is 0. The van der Waals surface area contributed by atoms with E-state index >= 15 is 0 Å². The molecular weight excluding hydrogens is 183 g/mol. The molecule has 0 amide bonds. The SMILES string of the molecule is Cc1ccc2cc(C=O)ccc2c1.[NaH]. The zero-order valence-corrected chi connectivity index (χ0v) is 7.45. The van der Waals surface area contributed by atoms with Crippen LogP contribution in [0, 0.1) is 6.92 Å². The molecule has 2 heteroatoms.